The van der Waals surface area contributed by atoms with Crippen molar-refractivity contribution >= 4 is 5.84 Å². The lowest BCUT2D eigenvalue weighted by molar-refractivity contribution is 0.201. The van der Waals surface area contributed by atoms with E-state index in [1.807, 2.05) is 0 Å². The van der Waals surface area contributed by atoms with Crippen LogP contribution < -0.4 is 10.5 Å². The molecule has 0 amide bonds. The molecule has 0 aromatic heterocycles. The molecule has 0 saturated carbocycles. The summed E-state index contributed by atoms with van der Waals surface area (Å²) < 4.78 is 5.18. The first-order chi connectivity index (χ1) is 6.25. The van der Waals surface area contributed by atoms with Gasteiger partial charge in [0.15, 0.2) is 0 Å². The molecule has 0 saturated heterocycles. The molecule has 0 aliphatic rings. The minimum atomic E-state index is -0.0494. The molecule has 4 N–H and O–H groups in total. The highest BCUT2D eigenvalue weighted by Gasteiger charge is 2.04. The van der Waals surface area contributed by atoms with E-state index in [-0.39, 0.29) is 19.0 Å². The van der Waals surface area contributed by atoms with E-state index in [1.165, 1.54) is 0 Å². The van der Waals surface area contributed by atoms with Crippen LogP contribution in [-0.4, -0.2) is 24.2 Å². The van der Waals surface area contributed by atoms with Gasteiger partial charge in [-0.25, -0.2) is 0 Å². The standard InChI is InChI=1S/C9H12N2O2/c10-9(11)7-3-1-2-4-8(7)13-6-5-12/h1-4,12H,5-6H2,(H3,10,11). The number of rotatable bonds is 4. The van der Waals surface area contributed by atoms with Gasteiger partial charge in [-0.1, -0.05) is 12.1 Å². The number of aliphatic hydroxyl groups excluding tert-OH is 1. The largest absolute Gasteiger partial charge is 0.490 e. The van der Waals surface area contributed by atoms with E-state index in [4.69, 9.17) is 21.0 Å². The van der Waals surface area contributed by atoms with Crippen LogP contribution >= 0.6 is 0 Å². The van der Waals surface area contributed by atoms with Crippen molar-refractivity contribution < 1.29 is 9.84 Å². The number of hydrogen-bond donors (Lipinski definition) is 3. The average molecular weight is 180 g/mol. The maximum Gasteiger partial charge on any atom is 0.130 e. The van der Waals surface area contributed by atoms with Gasteiger partial charge in [0, 0.05) is 0 Å². The Bertz CT molecular complexity index is 299. The number of nitrogens with one attached hydrogen (secondary N) is 1. The van der Waals surface area contributed by atoms with Crippen molar-refractivity contribution in [2.45, 2.75) is 0 Å². The van der Waals surface area contributed by atoms with E-state index >= 15 is 0 Å². The molecule has 0 bridgehead atoms. The Kier molecular flexibility index (Phi) is 3.28. The Labute approximate surface area is 76.5 Å². The fraction of sp³-hybridized carbons (Fsp3) is 0.222. The predicted molar refractivity (Wildman–Crippen MR) is 50.0 cm³/mol. The zero-order valence-corrected chi connectivity index (χ0v) is 7.16. The summed E-state index contributed by atoms with van der Waals surface area (Å²) in [6.07, 6.45) is 0. The Morgan fingerprint density at radius 2 is 2.15 bits per heavy atom. The number of hydrogen-bond acceptors (Lipinski definition) is 3. The second-order valence-electron chi connectivity index (χ2n) is 2.48. The van der Waals surface area contributed by atoms with Gasteiger partial charge in [-0.05, 0) is 12.1 Å². The first-order valence-electron chi connectivity index (χ1n) is 3.93. The second-order valence-corrected chi connectivity index (χ2v) is 2.48. The van der Waals surface area contributed by atoms with Gasteiger partial charge in [-0.2, -0.15) is 0 Å². The molecule has 4 nitrogen and oxygen atoms in total. The van der Waals surface area contributed by atoms with Crippen LogP contribution in [0.3, 0.4) is 0 Å². The normalized spacial score (nSPS) is 9.62. The van der Waals surface area contributed by atoms with Crippen LogP contribution in [0.5, 0.6) is 5.75 Å². The smallest absolute Gasteiger partial charge is 0.130 e. The van der Waals surface area contributed by atoms with Crippen LogP contribution in [-0.2, 0) is 0 Å². The third kappa shape index (κ3) is 2.45. The van der Waals surface area contributed by atoms with Crippen molar-refractivity contribution in [2.75, 3.05) is 13.2 Å². The van der Waals surface area contributed by atoms with E-state index in [2.05, 4.69) is 0 Å². The minimum absolute atomic E-state index is 0.0338. The van der Waals surface area contributed by atoms with Crippen LogP contribution in [0, 0.1) is 5.41 Å². The summed E-state index contributed by atoms with van der Waals surface area (Å²) in [5.41, 5.74) is 5.88. The summed E-state index contributed by atoms with van der Waals surface area (Å²) in [6, 6.07) is 6.99. The Morgan fingerprint density at radius 3 is 2.77 bits per heavy atom. The molecule has 0 aliphatic heterocycles. The van der Waals surface area contributed by atoms with Crippen molar-refractivity contribution in [1.29, 1.82) is 5.41 Å². The van der Waals surface area contributed by atoms with Gasteiger partial charge in [0.25, 0.3) is 0 Å². The molecule has 0 heterocycles. The summed E-state index contributed by atoms with van der Waals surface area (Å²) in [6.45, 7) is 0.163. The molecule has 4 heteroatoms. The molecule has 0 fully saturated rings. The number of aliphatic hydroxyl groups is 1. The van der Waals surface area contributed by atoms with E-state index in [0.717, 1.165) is 0 Å². The molecule has 1 aromatic carbocycles. The fourth-order valence-corrected chi connectivity index (χ4v) is 0.971. The van der Waals surface area contributed by atoms with Crippen LogP contribution in [0.15, 0.2) is 24.3 Å². The molecule has 70 valence electrons. The summed E-state index contributed by atoms with van der Waals surface area (Å²) in [5, 5.41) is 15.8. The maximum absolute atomic E-state index is 8.55. The zero-order chi connectivity index (χ0) is 9.68. The van der Waals surface area contributed by atoms with Crippen molar-refractivity contribution in [3.8, 4) is 5.75 Å². The molecule has 13 heavy (non-hydrogen) atoms. The third-order valence-corrected chi connectivity index (χ3v) is 1.53. The molecule has 0 atom stereocenters. The second kappa shape index (κ2) is 4.47. The average Bonchev–Trinajstić information content (AvgIpc) is 2.15. The van der Waals surface area contributed by atoms with Crippen molar-refractivity contribution in [3.63, 3.8) is 0 Å². The maximum atomic E-state index is 8.55. The van der Waals surface area contributed by atoms with Gasteiger partial charge < -0.3 is 15.6 Å². The van der Waals surface area contributed by atoms with Crippen LogP contribution in [0.25, 0.3) is 0 Å². The van der Waals surface area contributed by atoms with Crippen molar-refractivity contribution in [1.82, 2.24) is 0 Å². The Hall–Kier alpha value is -1.55. The van der Waals surface area contributed by atoms with Crippen LogP contribution in [0.1, 0.15) is 5.56 Å². The number of nitrogen functional groups attached to an aromatic ring is 1. The number of benzene rings is 1. The van der Waals surface area contributed by atoms with E-state index in [9.17, 15) is 0 Å². The van der Waals surface area contributed by atoms with Crippen LogP contribution in [0.4, 0.5) is 0 Å². The minimum Gasteiger partial charge on any atom is -0.490 e. The van der Waals surface area contributed by atoms with Gasteiger partial charge in [0.2, 0.25) is 0 Å². The summed E-state index contributed by atoms with van der Waals surface area (Å²) in [4.78, 5) is 0. The predicted octanol–water partition coefficient (Wildman–Crippen LogP) is 0.342. The lowest BCUT2D eigenvalue weighted by Gasteiger charge is -2.08. The molecule has 0 radical (unpaired) electrons. The van der Waals surface area contributed by atoms with Gasteiger partial charge in [0.05, 0.1) is 12.2 Å². The van der Waals surface area contributed by atoms with Crippen molar-refractivity contribution in [2.24, 2.45) is 5.73 Å². The van der Waals surface area contributed by atoms with E-state index in [0.29, 0.717) is 11.3 Å². The summed E-state index contributed by atoms with van der Waals surface area (Å²) >= 11 is 0. The molecule has 1 aromatic rings. The van der Waals surface area contributed by atoms with Crippen molar-refractivity contribution in [3.05, 3.63) is 29.8 Å². The Balaban J connectivity index is 2.84. The molecule has 1 rings (SSSR count). The molecular weight excluding hydrogens is 168 g/mol. The Morgan fingerprint density at radius 1 is 1.46 bits per heavy atom. The fourth-order valence-electron chi connectivity index (χ4n) is 0.971. The molecule has 0 spiro atoms. The van der Waals surface area contributed by atoms with Gasteiger partial charge in [0.1, 0.15) is 18.2 Å². The van der Waals surface area contributed by atoms with Gasteiger partial charge >= 0.3 is 0 Å². The first kappa shape index (κ1) is 9.54. The highest BCUT2D eigenvalue weighted by Crippen LogP contribution is 2.16. The molecule has 0 unspecified atom stereocenters. The quantitative estimate of drug-likeness (QED) is 0.462. The number of ether oxygens (including phenoxy) is 1. The third-order valence-electron chi connectivity index (χ3n) is 1.53. The monoisotopic (exact) mass is 180 g/mol. The molecular formula is C9H12N2O2. The topological polar surface area (TPSA) is 79.3 Å². The first-order valence-corrected chi connectivity index (χ1v) is 3.93. The highest BCUT2D eigenvalue weighted by atomic mass is 16.5. The number of para-hydroxylation sites is 1. The highest BCUT2D eigenvalue weighted by molar-refractivity contribution is 5.97. The van der Waals surface area contributed by atoms with E-state index in [1.54, 1.807) is 24.3 Å². The van der Waals surface area contributed by atoms with E-state index < -0.39 is 0 Å². The lowest BCUT2D eigenvalue weighted by atomic mass is 10.2. The zero-order valence-electron chi connectivity index (χ0n) is 7.16. The van der Waals surface area contributed by atoms with Gasteiger partial charge in [-0.15, -0.1) is 0 Å². The molecule has 0 aliphatic carbocycles. The number of amidine groups is 1. The lowest BCUT2D eigenvalue weighted by Crippen LogP contribution is -2.14. The SMILES string of the molecule is N=C(N)c1ccccc1OCCO. The van der Waals surface area contributed by atoms with Crippen LogP contribution in [0.2, 0.25) is 0 Å². The summed E-state index contributed by atoms with van der Waals surface area (Å²) in [5.74, 6) is 0.498. The van der Waals surface area contributed by atoms with Gasteiger partial charge in [-0.3, -0.25) is 5.41 Å². The summed E-state index contributed by atoms with van der Waals surface area (Å²) in [7, 11) is 0. The number of nitrogens with two attached hydrogens (primary N) is 1.